The normalized spacial score (nSPS) is 18.2. The van der Waals surface area contributed by atoms with E-state index in [1.54, 1.807) is 6.07 Å². The molecule has 3 rings (SSSR count). The second-order valence-electron chi connectivity index (χ2n) is 6.80. The number of hydrogen-bond acceptors (Lipinski definition) is 3. The number of nitrogens with one attached hydrogen (secondary N) is 1. The van der Waals surface area contributed by atoms with E-state index in [0.717, 1.165) is 11.4 Å². The van der Waals surface area contributed by atoms with Gasteiger partial charge in [-0.3, -0.25) is 9.89 Å². The summed E-state index contributed by atoms with van der Waals surface area (Å²) < 4.78 is 43.1. The van der Waals surface area contributed by atoms with Gasteiger partial charge in [0.05, 0.1) is 6.54 Å². The number of nitrogens with zero attached hydrogens (tertiary/aromatic N) is 2. The number of rotatable bonds is 6. The summed E-state index contributed by atoms with van der Waals surface area (Å²) in [6.07, 6.45) is -3.47. The molecule has 28 heavy (non-hydrogen) atoms. The molecule has 3 N–H and O–H groups in total. The Bertz CT molecular complexity index is 796. The van der Waals surface area contributed by atoms with Gasteiger partial charge in [-0.05, 0) is 43.1 Å². The predicted molar refractivity (Wildman–Crippen MR) is 104 cm³/mol. The van der Waals surface area contributed by atoms with Crippen molar-refractivity contribution in [2.75, 3.05) is 31.5 Å². The molecule has 8 heteroatoms. The van der Waals surface area contributed by atoms with Gasteiger partial charge in [-0.2, -0.15) is 13.2 Å². The second kappa shape index (κ2) is 8.97. The summed E-state index contributed by atoms with van der Waals surface area (Å²) in [4.78, 5) is 5.69. The zero-order valence-corrected chi connectivity index (χ0v) is 15.3. The molecule has 5 nitrogen and oxygen atoms in total. The highest BCUT2D eigenvalue weighted by molar-refractivity contribution is 5.92. The summed E-state index contributed by atoms with van der Waals surface area (Å²) in [5.41, 5.74) is 6.65. The van der Waals surface area contributed by atoms with Crippen LogP contribution in [0, 0.1) is 5.92 Å². The van der Waals surface area contributed by atoms with E-state index < -0.39 is 12.7 Å². The Morgan fingerprint density at radius 3 is 2.64 bits per heavy atom. The lowest BCUT2D eigenvalue weighted by Crippen LogP contribution is -2.32. The molecule has 0 aliphatic carbocycles. The van der Waals surface area contributed by atoms with Crippen molar-refractivity contribution in [1.82, 2.24) is 4.90 Å². The Balaban J connectivity index is 1.50. The first-order valence-corrected chi connectivity index (χ1v) is 9.06. The van der Waals surface area contributed by atoms with Crippen LogP contribution in [0.5, 0.6) is 11.5 Å². The predicted octanol–water partition coefficient (Wildman–Crippen LogP) is 4.09. The van der Waals surface area contributed by atoms with E-state index in [1.165, 1.54) is 4.90 Å². The van der Waals surface area contributed by atoms with Crippen LogP contribution in [0.2, 0.25) is 0 Å². The van der Waals surface area contributed by atoms with Crippen molar-refractivity contribution >= 4 is 11.6 Å². The first-order chi connectivity index (χ1) is 13.4. The van der Waals surface area contributed by atoms with Crippen molar-refractivity contribution in [3.05, 3.63) is 54.6 Å². The van der Waals surface area contributed by atoms with Crippen molar-refractivity contribution in [3.8, 4) is 11.5 Å². The summed E-state index contributed by atoms with van der Waals surface area (Å²) >= 11 is 0. The molecule has 1 aliphatic heterocycles. The van der Waals surface area contributed by atoms with Crippen LogP contribution in [-0.4, -0.2) is 43.2 Å². The highest BCUT2D eigenvalue weighted by atomic mass is 19.4. The van der Waals surface area contributed by atoms with Gasteiger partial charge in [-0.1, -0.05) is 24.3 Å². The van der Waals surface area contributed by atoms with Crippen LogP contribution in [0.25, 0.3) is 0 Å². The molecule has 1 saturated heterocycles. The van der Waals surface area contributed by atoms with Crippen LogP contribution in [-0.2, 0) is 0 Å². The third-order valence-corrected chi connectivity index (χ3v) is 4.38. The molecule has 2 aromatic rings. The SMILES string of the molecule is NC(=NCC1CCN(CC(F)(F)F)C1)Nc1cccc(Oc2ccccc2)c1. The molecule has 1 fully saturated rings. The number of aliphatic imine (C=N–C) groups is 1. The second-order valence-corrected chi connectivity index (χ2v) is 6.80. The van der Waals surface area contributed by atoms with Crippen LogP contribution in [0.4, 0.5) is 18.9 Å². The van der Waals surface area contributed by atoms with Gasteiger partial charge in [0.2, 0.25) is 0 Å². The number of nitrogens with two attached hydrogens (primary N) is 1. The smallest absolute Gasteiger partial charge is 0.401 e. The highest BCUT2D eigenvalue weighted by Crippen LogP contribution is 2.24. The number of ether oxygens (including phenoxy) is 1. The summed E-state index contributed by atoms with van der Waals surface area (Å²) in [6.45, 7) is 0.352. The van der Waals surface area contributed by atoms with E-state index in [1.807, 2.05) is 48.5 Å². The first-order valence-electron chi connectivity index (χ1n) is 9.06. The molecule has 1 heterocycles. The van der Waals surface area contributed by atoms with Gasteiger partial charge in [0.15, 0.2) is 5.96 Å². The van der Waals surface area contributed by atoms with Crippen molar-refractivity contribution in [1.29, 1.82) is 0 Å². The first kappa shape index (κ1) is 20.0. The zero-order chi connectivity index (χ0) is 20.0. The number of anilines is 1. The van der Waals surface area contributed by atoms with Gasteiger partial charge >= 0.3 is 6.18 Å². The van der Waals surface area contributed by atoms with Gasteiger partial charge in [-0.25, -0.2) is 0 Å². The summed E-state index contributed by atoms with van der Waals surface area (Å²) in [5.74, 6) is 1.69. The Morgan fingerprint density at radius 2 is 1.89 bits per heavy atom. The van der Waals surface area contributed by atoms with Gasteiger partial charge < -0.3 is 15.8 Å². The number of para-hydroxylation sites is 1. The maximum Gasteiger partial charge on any atom is 0.401 e. The topological polar surface area (TPSA) is 62.9 Å². The molecule has 150 valence electrons. The number of likely N-dealkylation sites (tertiary alicyclic amines) is 1. The quantitative estimate of drug-likeness (QED) is 0.574. The standard InChI is InChI=1S/C20H23F3N4O/c21-20(22,23)14-27-10-9-15(13-27)12-25-19(24)26-16-5-4-8-18(11-16)28-17-6-2-1-3-7-17/h1-8,11,15H,9-10,12-14H2,(H3,24,25,26). The molecular weight excluding hydrogens is 369 g/mol. The van der Waals surface area contributed by atoms with E-state index in [9.17, 15) is 13.2 Å². The average molecular weight is 392 g/mol. The number of benzene rings is 2. The summed E-state index contributed by atoms with van der Waals surface area (Å²) in [5, 5.41) is 3.00. The van der Waals surface area contributed by atoms with E-state index in [2.05, 4.69) is 10.3 Å². The fraction of sp³-hybridized carbons (Fsp3) is 0.350. The third kappa shape index (κ3) is 6.45. The van der Waals surface area contributed by atoms with Gasteiger partial charge in [-0.15, -0.1) is 0 Å². The summed E-state index contributed by atoms with van der Waals surface area (Å²) in [6, 6.07) is 16.7. The minimum atomic E-state index is -4.16. The van der Waals surface area contributed by atoms with Crippen LogP contribution < -0.4 is 15.8 Å². The van der Waals surface area contributed by atoms with Crippen molar-refractivity contribution in [3.63, 3.8) is 0 Å². The fourth-order valence-corrected chi connectivity index (χ4v) is 3.14. The van der Waals surface area contributed by atoms with Crippen molar-refractivity contribution < 1.29 is 17.9 Å². The Labute approximate surface area is 162 Å². The van der Waals surface area contributed by atoms with Crippen molar-refractivity contribution in [2.24, 2.45) is 16.6 Å². The Hall–Kier alpha value is -2.74. The lowest BCUT2D eigenvalue weighted by molar-refractivity contribution is -0.143. The molecule has 0 aromatic heterocycles. The minimum Gasteiger partial charge on any atom is -0.457 e. The maximum absolute atomic E-state index is 12.5. The molecule has 0 radical (unpaired) electrons. The Kier molecular flexibility index (Phi) is 6.41. The lowest BCUT2D eigenvalue weighted by Gasteiger charge is -2.17. The molecular formula is C20H23F3N4O. The molecule has 1 atom stereocenters. The molecule has 0 bridgehead atoms. The molecule has 1 aliphatic rings. The number of hydrogen-bond donors (Lipinski definition) is 2. The van der Waals surface area contributed by atoms with Crippen LogP contribution in [0.3, 0.4) is 0 Å². The summed E-state index contributed by atoms with van der Waals surface area (Å²) in [7, 11) is 0. The number of alkyl halides is 3. The van der Waals surface area contributed by atoms with Crippen molar-refractivity contribution in [2.45, 2.75) is 12.6 Å². The van der Waals surface area contributed by atoms with Gasteiger partial charge in [0.1, 0.15) is 11.5 Å². The number of guanidine groups is 1. The van der Waals surface area contributed by atoms with Gasteiger partial charge in [0.25, 0.3) is 0 Å². The van der Waals surface area contributed by atoms with Gasteiger partial charge in [0, 0.05) is 24.8 Å². The lowest BCUT2D eigenvalue weighted by atomic mass is 10.1. The minimum absolute atomic E-state index is 0.0791. The fourth-order valence-electron chi connectivity index (χ4n) is 3.14. The third-order valence-electron chi connectivity index (χ3n) is 4.38. The van der Waals surface area contributed by atoms with E-state index in [0.29, 0.717) is 31.8 Å². The molecule has 0 saturated carbocycles. The highest BCUT2D eigenvalue weighted by Gasteiger charge is 2.34. The van der Waals surface area contributed by atoms with E-state index in [4.69, 9.17) is 10.5 Å². The number of halogens is 3. The monoisotopic (exact) mass is 392 g/mol. The molecule has 1 unspecified atom stereocenters. The molecule has 2 aromatic carbocycles. The average Bonchev–Trinajstić information content (AvgIpc) is 3.07. The van der Waals surface area contributed by atoms with Crippen LogP contribution in [0.15, 0.2) is 59.6 Å². The van der Waals surface area contributed by atoms with E-state index >= 15 is 0 Å². The molecule has 0 amide bonds. The zero-order valence-electron chi connectivity index (χ0n) is 15.3. The Morgan fingerprint density at radius 1 is 1.14 bits per heavy atom. The van der Waals surface area contributed by atoms with Crippen LogP contribution in [0.1, 0.15) is 6.42 Å². The van der Waals surface area contributed by atoms with E-state index in [-0.39, 0.29) is 11.9 Å². The maximum atomic E-state index is 12.5. The van der Waals surface area contributed by atoms with Crippen LogP contribution >= 0.6 is 0 Å². The largest absolute Gasteiger partial charge is 0.457 e. The molecule has 0 spiro atoms.